The van der Waals surface area contributed by atoms with Gasteiger partial charge in [0.15, 0.2) is 0 Å². The van der Waals surface area contributed by atoms with E-state index in [1.54, 1.807) is 35.6 Å². The van der Waals surface area contributed by atoms with Gasteiger partial charge in [0.25, 0.3) is 11.8 Å². The van der Waals surface area contributed by atoms with Gasteiger partial charge in [-0.25, -0.2) is 4.98 Å². The second kappa shape index (κ2) is 9.88. The molecule has 2 aliphatic rings. The Morgan fingerprint density at radius 2 is 1.94 bits per heavy atom. The van der Waals surface area contributed by atoms with Gasteiger partial charge in [-0.1, -0.05) is 47.5 Å². The number of benzene rings is 2. The molecule has 1 unspecified atom stereocenters. The predicted octanol–water partition coefficient (Wildman–Crippen LogP) is 6.07. The standard InChI is InChI=1S/C27H28ClN3O2S/c1-17-6-4-7-19(14-17)24-23(30-26(34-24)18-11-12-18)27(33)31-13-3-2-10-22(31)16-29-25(32)20-8-5-9-21(28)15-20/h4-9,14-15,18,22H,2-3,10-13,16H2,1H3,(H,29,32). The Morgan fingerprint density at radius 1 is 1.12 bits per heavy atom. The van der Waals surface area contributed by atoms with Crippen LogP contribution in [-0.2, 0) is 0 Å². The van der Waals surface area contributed by atoms with Crippen LogP contribution >= 0.6 is 22.9 Å². The van der Waals surface area contributed by atoms with E-state index in [1.807, 2.05) is 11.0 Å². The average Bonchev–Trinajstić information content (AvgIpc) is 3.60. The van der Waals surface area contributed by atoms with Crippen LogP contribution in [0.2, 0.25) is 5.02 Å². The number of hydrogen-bond acceptors (Lipinski definition) is 4. The van der Waals surface area contributed by atoms with Crippen molar-refractivity contribution in [2.24, 2.45) is 0 Å². The fraction of sp³-hybridized carbons (Fsp3) is 0.370. The summed E-state index contributed by atoms with van der Waals surface area (Å²) >= 11 is 7.70. The summed E-state index contributed by atoms with van der Waals surface area (Å²) in [5.74, 6) is 0.288. The van der Waals surface area contributed by atoms with Gasteiger partial charge in [0.1, 0.15) is 5.69 Å². The zero-order chi connectivity index (χ0) is 23.7. The second-order valence-electron chi connectivity index (χ2n) is 9.24. The number of amides is 2. The molecule has 1 aliphatic carbocycles. The Balaban J connectivity index is 1.37. The summed E-state index contributed by atoms with van der Waals surface area (Å²) in [6.45, 7) is 3.16. The van der Waals surface area contributed by atoms with Gasteiger partial charge in [-0.05, 0) is 62.8 Å². The van der Waals surface area contributed by atoms with Crippen LogP contribution in [0, 0.1) is 6.92 Å². The molecule has 7 heteroatoms. The Labute approximate surface area is 209 Å². The first-order chi connectivity index (χ1) is 16.5. The van der Waals surface area contributed by atoms with Crippen LogP contribution in [0.1, 0.15) is 69.4 Å². The van der Waals surface area contributed by atoms with E-state index in [-0.39, 0.29) is 17.9 Å². The van der Waals surface area contributed by atoms with E-state index < -0.39 is 0 Å². The molecule has 1 saturated heterocycles. The fourth-order valence-corrected chi connectivity index (χ4v) is 5.94. The average molecular weight is 494 g/mol. The van der Waals surface area contributed by atoms with E-state index in [0.717, 1.165) is 53.1 Å². The number of hydrogen-bond donors (Lipinski definition) is 1. The van der Waals surface area contributed by atoms with Crippen molar-refractivity contribution in [1.82, 2.24) is 15.2 Å². The van der Waals surface area contributed by atoms with Gasteiger partial charge >= 0.3 is 0 Å². The molecule has 1 atom stereocenters. The van der Waals surface area contributed by atoms with Crippen molar-refractivity contribution in [3.05, 3.63) is 75.4 Å². The molecule has 5 nitrogen and oxygen atoms in total. The van der Waals surface area contributed by atoms with Crippen LogP contribution < -0.4 is 5.32 Å². The number of aryl methyl sites for hydroxylation is 1. The van der Waals surface area contributed by atoms with E-state index in [4.69, 9.17) is 16.6 Å². The Morgan fingerprint density at radius 3 is 2.71 bits per heavy atom. The number of likely N-dealkylation sites (tertiary alicyclic amines) is 1. The number of nitrogens with zero attached hydrogens (tertiary/aromatic N) is 2. The lowest BCUT2D eigenvalue weighted by Crippen LogP contribution is -2.49. The third-order valence-corrected chi connectivity index (χ3v) is 8.03. The number of carbonyl (C=O) groups is 2. The maximum atomic E-state index is 13.8. The Hall–Kier alpha value is -2.70. The summed E-state index contributed by atoms with van der Waals surface area (Å²) in [4.78, 5) is 34.3. The van der Waals surface area contributed by atoms with Crippen LogP contribution in [0.15, 0.2) is 48.5 Å². The predicted molar refractivity (Wildman–Crippen MR) is 137 cm³/mol. The molecule has 1 N–H and O–H groups in total. The molecule has 0 spiro atoms. The van der Waals surface area contributed by atoms with Gasteiger partial charge in [0, 0.05) is 35.6 Å². The quantitative estimate of drug-likeness (QED) is 0.453. The third-order valence-electron chi connectivity index (χ3n) is 6.53. The minimum absolute atomic E-state index is 0.0265. The molecule has 2 aromatic carbocycles. The smallest absolute Gasteiger partial charge is 0.274 e. The molecule has 34 heavy (non-hydrogen) atoms. The Kier molecular flexibility index (Phi) is 6.70. The molecule has 2 fully saturated rings. The topological polar surface area (TPSA) is 62.3 Å². The van der Waals surface area contributed by atoms with Crippen molar-refractivity contribution < 1.29 is 9.59 Å². The van der Waals surface area contributed by atoms with Crippen molar-refractivity contribution in [2.75, 3.05) is 13.1 Å². The number of halogens is 1. The molecule has 2 heterocycles. The maximum absolute atomic E-state index is 13.8. The first-order valence-electron chi connectivity index (χ1n) is 11.9. The highest BCUT2D eigenvalue weighted by Gasteiger charge is 2.34. The van der Waals surface area contributed by atoms with Gasteiger partial charge in [-0.3, -0.25) is 9.59 Å². The molecule has 2 amide bonds. The van der Waals surface area contributed by atoms with Crippen molar-refractivity contribution >= 4 is 34.8 Å². The molecular weight excluding hydrogens is 466 g/mol. The first-order valence-corrected chi connectivity index (χ1v) is 13.1. The third kappa shape index (κ3) is 5.03. The van der Waals surface area contributed by atoms with E-state index in [0.29, 0.717) is 35.3 Å². The van der Waals surface area contributed by atoms with E-state index in [2.05, 4.69) is 30.4 Å². The number of nitrogens with one attached hydrogen (secondary N) is 1. The largest absolute Gasteiger partial charge is 0.350 e. The van der Waals surface area contributed by atoms with E-state index in [9.17, 15) is 9.59 Å². The minimum Gasteiger partial charge on any atom is -0.350 e. The normalized spacial score (nSPS) is 18.1. The summed E-state index contributed by atoms with van der Waals surface area (Å²) in [5, 5.41) is 4.61. The number of carbonyl (C=O) groups excluding carboxylic acids is 2. The molecule has 1 aromatic heterocycles. The maximum Gasteiger partial charge on any atom is 0.274 e. The summed E-state index contributed by atoms with van der Waals surface area (Å²) in [6, 6.07) is 15.1. The summed E-state index contributed by atoms with van der Waals surface area (Å²) < 4.78 is 0. The molecule has 1 saturated carbocycles. The summed E-state index contributed by atoms with van der Waals surface area (Å²) in [5.41, 5.74) is 3.30. The minimum atomic E-state index is -0.175. The lowest BCUT2D eigenvalue weighted by Gasteiger charge is -2.35. The van der Waals surface area contributed by atoms with Gasteiger partial charge in [0.2, 0.25) is 0 Å². The zero-order valence-corrected chi connectivity index (χ0v) is 20.8. The van der Waals surface area contributed by atoms with Gasteiger partial charge < -0.3 is 10.2 Å². The van der Waals surface area contributed by atoms with E-state index >= 15 is 0 Å². The molecule has 5 rings (SSSR count). The van der Waals surface area contributed by atoms with Crippen molar-refractivity contribution in [3.8, 4) is 10.4 Å². The van der Waals surface area contributed by atoms with Crippen LogP contribution in [-0.4, -0.2) is 40.8 Å². The number of thiazole rings is 1. The summed E-state index contributed by atoms with van der Waals surface area (Å²) in [6.07, 6.45) is 5.16. The molecule has 3 aromatic rings. The van der Waals surface area contributed by atoms with Gasteiger partial charge in [-0.2, -0.15) is 0 Å². The van der Waals surface area contributed by atoms with Gasteiger partial charge in [-0.15, -0.1) is 11.3 Å². The monoisotopic (exact) mass is 493 g/mol. The van der Waals surface area contributed by atoms with Crippen LogP contribution in [0.25, 0.3) is 10.4 Å². The Bertz CT molecular complexity index is 1220. The van der Waals surface area contributed by atoms with Crippen LogP contribution in [0.3, 0.4) is 0 Å². The lowest BCUT2D eigenvalue weighted by molar-refractivity contribution is 0.0598. The zero-order valence-electron chi connectivity index (χ0n) is 19.2. The highest BCUT2D eigenvalue weighted by atomic mass is 35.5. The molecule has 1 aliphatic heterocycles. The highest BCUT2D eigenvalue weighted by Crippen LogP contribution is 2.45. The first kappa shape index (κ1) is 23.1. The highest BCUT2D eigenvalue weighted by molar-refractivity contribution is 7.15. The fourth-order valence-electron chi connectivity index (χ4n) is 4.53. The molecular formula is C27H28ClN3O2S. The molecule has 176 valence electrons. The number of rotatable bonds is 6. The molecule has 0 radical (unpaired) electrons. The van der Waals surface area contributed by atoms with E-state index in [1.165, 1.54) is 0 Å². The van der Waals surface area contributed by atoms with Crippen LogP contribution in [0.5, 0.6) is 0 Å². The lowest BCUT2D eigenvalue weighted by atomic mass is 10.0. The molecule has 0 bridgehead atoms. The van der Waals surface area contributed by atoms with Crippen molar-refractivity contribution in [2.45, 2.75) is 51.0 Å². The van der Waals surface area contributed by atoms with Crippen molar-refractivity contribution in [1.29, 1.82) is 0 Å². The summed E-state index contributed by atoms with van der Waals surface area (Å²) in [7, 11) is 0. The SMILES string of the molecule is Cc1cccc(-c2sc(C3CC3)nc2C(=O)N2CCCCC2CNC(=O)c2cccc(Cl)c2)c1. The van der Waals surface area contributed by atoms with Crippen molar-refractivity contribution in [3.63, 3.8) is 0 Å². The number of piperidine rings is 1. The van der Waals surface area contributed by atoms with Crippen LogP contribution in [0.4, 0.5) is 0 Å². The second-order valence-corrected chi connectivity index (χ2v) is 10.7. The van der Waals surface area contributed by atoms with Gasteiger partial charge in [0.05, 0.1) is 9.88 Å². The number of aromatic nitrogens is 1.